The first-order chi connectivity index (χ1) is 10.8. The molecule has 1 aromatic rings. The van der Waals surface area contributed by atoms with Gasteiger partial charge in [-0.25, -0.2) is 0 Å². The topological polar surface area (TPSA) is 32.3 Å². The maximum atomic E-state index is 12.8. The Hall–Kier alpha value is -0.870. The van der Waals surface area contributed by atoms with E-state index in [1.54, 1.807) is 11.3 Å². The van der Waals surface area contributed by atoms with Crippen molar-refractivity contribution in [3.8, 4) is 0 Å². The molecule has 3 saturated heterocycles. The molecule has 0 unspecified atom stereocenters. The summed E-state index contributed by atoms with van der Waals surface area (Å²) in [5.74, 6) is 0.912. The van der Waals surface area contributed by atoms with Crippen LogP contribution in [-0.2, 0) is 12.8 Å². The molecule has 2 aliphatic carbocycles. The number of piperidine rings is 3. The van der Waals surface area contributed by atoms with E-state index in [0.29, 0.717) is 17.5 Å². The van der Waals surface area contributed by atoms with Crippen molar-refractivity contribution < 1.29 is 4.79 Å². The van der Waals surface area contributed by atoms with Gasteiger partial charge < -0.3 is 5.32 Å². The number of rotatable bonds is 2. The highest BCUT2D eigenvalue weighted by Crippen LogP contribution is 2.53. The zero-order valence-corrected chi connectivity index (χ0v) is 13.9. The SMILES string of the molecule is O=C(N[C@@H]1C2CCN(CC2)C12CC2)c1cc2c(s1)CCCC2. The first-order valence-corrected chi connectivity index (χ1v) is 9.75. The Morgan fingerprint density at radius 3 is 2.73 bits per heavy atom. The number of aryl methyl sites for hydroxylation is 2. The van der Waals surface area contributed by atoms with Crippen LogP contribution in [0.25, 0.3) is 0 Å². The van der Waals surface area contributed by atoms with E-state index in [1.807, 2.05) is 0 Å². The van der Waals surface area contributed by atoms with E-state index >= 15 is 0 Å². The molecule has 1 aromatic heterocycles. The number of nitrogens with zero attached hydrogens (tertiary/aromatic N) is 1. The highest BCUT2D eigenvalue weighted by molar-refractivity contribution is 7.14. The number of nitrogens with one attached hydrogen (secondary N) is 1. The van der Waals surface area contributed by atoms with Crippen LogP contribution in [0.2, 0.25) is 0 Å². The molecule has 3 nitrogen and oxygen atoms in total. The predicted octanol–water partition coefficient (Wildman–Crippen LogP) is 2.98. The molecule has 3 aliphatic heterocycles. The van der Waals surface area contributed by atoms with Crippen molar-refractivity contribution in [1.82, 2.24) is 10.2 Å². The van der Waals surface area contributed by atoms with Crippen LogP contribution in [0.3, 0.4) is 0 Å². The maximum Gasteiger partial charge on any atom is 0.261 e. The molecule has 2 bridgehead atoms. The van der Waals surface area contributed by atoms with Crippen molar-refractivity contribution in [3.05, 3.63) is 21.4 Å². The largest absolute Gasteiger partial charge is 0.346 e. The van der Waals surface area contributed by atoms with E-state index in [2.05, 4.69) is 16.3 Å². The van der Waals surface area contributed by atoms with Gasteiger partial charge in [-0.3, -0.25) is 9.69 Å². The lowest BCUT2D eigenvalue weighted by Gasteiger charge is -2.52. The van der Waals surface area contributed by atoms with Gasteiger partial charge in [0.05, 0.1) is 10.9 Å². The van der Waals surface area contributed by atoms with Gasteiger partial charge in [0.25, 0.3) is 5.91 Å². The van der Waals surface area contributed by atoms with Crippen LogP contribution < -0.4 is 5.32 Å². The van der Waals surface area contributed by atoms with E-state index in [0.717, 1.165) is 4.88 Å². The molecule has 4 heteroatoms. The van der Waals surface area contributed by atoms with Crippen LogP contribution >= 0.6 is 11.3 Å². The normalized spacial score (nSPS) is 34.5. The molecule has 22 heavy (non-hydrogen) atoms. The van der Waals surface area contributed by atoms with Crippen molar-refractivity contribution >= 4 is 17.2 Å². The summed E-state index contributed by atoms with van der Waals surface area (Å²) in [5.41, 5.74) is 1.78. The average molecular weight is 316 g/mol. The molecule has 1 N–H and O–H groups in total. The number of carbonyl (C=O) groups is 1. The third-order valence-electron chi connectivity index (χ3n) is 6.49. The van der Waals surface area contributed by atoms with Crippen LogP contribution in [0, 0.1) is 5.92 Å². The van der Waals surface area contributed by atoms with E-state index < -0.39 is 0 Å². The van der Waals surface area contributed by atoms with Crippen molar-refractivity contribution in [1.29, 1.82) is 0 Å². The second-order valence-electron chi connectivity index (χ2n) is 7.65. The van der Waals surface area contributed by atoms with E-state index in [9.17, 15) is 4.79 Å². The summed E-state index contributed by atoms with van der Waals surface area (Å²) in [6.07, 6.45) is 10.0. The number of amides is 1. The van der Waals surface area contributed by atoms with Gasteiger partial charge in [-0.15, -0.1) is 11.3 Å². The van der Waals surface area contributed by atoms with Crippen molar-refractivity contribution in [2.45, 2.75) is 62.9 Å². The molecule has 0 aromatic carbocycles. The Labute approximate surface area is 136 Å². The molecule has 1 saturated carbocycles. The van der Waals surface area contributed by atoms with Crippen LogP contribution in [0.15, 0.2) is 6.07 Å². The smallest absolute Gasteiger partial charge is 0.261 e. The fourth-order valence-electron chi connectivity index (χ4n) is 5.14. The first-order valence-electron chi connectivity index (χ1n) is 8.94. The highest BCUT2D eigenvalue weighted by atomic mass is 32.1. The molecule has 0 radical (unpaired) electrons. The van der Waals surface area contributed by atoms with Gasteiger partial charge in [-0.05, 0) is 82.0 Å². The van der Waals surface area contributed by atoms with Gasteiger partial charge in [-0.2, -0.15) is 0 Å². The van der Waals surface area contributed by atoms with Gasteiger partial charge in [0.15, 0.2) is 0 Å². The highest BCUT2D eigenvalue weighted by Gasteiger charge is 2.60. The lowest BCUT2D eigenvalue weighted by atomic mass is 9.77. The summed E-state index contributed by atoms with van der Waals surface area (Å²) in [4.78, 5) is 17.9. The lowest BCUT2D eigenvalue weighted by molar-refractivity contribution is -0.00138. The van der Waals surface area contributed by atoms with Gasteiger partial charge in [-0.1, -0.05) is 0 Å². The molecular formula is C18H24N2OS. The van der Waals surface area contributed by atoms with Crippen LogP contribution in [0.4, 0.5) is 0 Å². The summed E-state index contributed by atoms with van der Waals surface area (Å²) in [6, 6.07) is 2.58. The standard InChI is InChI=1S/C18H24N2OS/c21-17(15-11-13-3-1-2-4-14(13)22-15)19-16-12-5-9-20(10-6-12)18(16)7-8-18/h11-12,16H,1-10H2,(H,19,21)/t16-/m1/s1. The second-order valence-corrected chi connectivity index (χ2v) is 8.78. The summed E-state index contributed by atoms with van der Waals surface area (Å²) in [5, 5.41) is 3.46. The zero-order chi connectivity index (χ0) is 14.7. The third-order valence-corrected chi connectivity index (χ3v) is 7.72. The molecule has 4 heterocycles. The molecule has 1 spiro atoms. The van der Waals surface area contributed by atoms with Crippen LogP contribution in [-0.4, -0.2) is 35.5 Å². The fourth-order valence-corrected chi connectivity index (χ4v) is 6.29. The van der Waals surface area contributed by atoms with Gasteiger partial charge in [0.1, 0.15) is 0 Å². The Bertz CT molecular complexity index is 587. The van der Waals surface area contributed by atoms with Gasteiger partial charge in [0, 0.05) is 10.4 Å². The minimum absolute atomic E-state index is 0.199. The first kappa shape index (κ1) is 13.6. The lowest BCUT2D eigenvalue weighted by Crippen LogP contribution is -2.65. The Balaban J connectivity index is 1.37. The monoisotopic (exact) mass is 316 g/mol. The van der Waals surface area contributed by atoms with Gasteiger partial charge >= 0.3 is 0 Å². The summed E-state index contributed by atoms with van der Waals surface area (Å²) in [7, 11) is 0. The average Bonchev–Trinajstić information content (AvgIpc) is 3.20. The Kier molecular flexibility index (Phi) is 2.97. The molecule has 1 atom stereocenters. The third kappa shape index (κ3) is 1.93. The molecule has 118 valence electrons. The predicted molar refractivity (Wildman–Crippen MR) is 88.5 cm³/mol. The number of hydrogen-bond acceptors (Lipinski definition) is 3. The fraction of sp³-hybridized carbons (Fsp3) is 0.722. The minimum atomic E-state index is 0.199. The van der Waals surface area contributed by atoms with E-state index in [4.69, 9.17) is 0 Å². The molecule has 1 amide bonds. The molecule has 5 aliphatic rings. The summed E-state index contributed by atoms with van der Waals surface area (Å²) >= 11 is 1.75. The van der Waals surface area contributed by atoms with E-state index in [1.165, 1.54) is 74.9 Å². The number of hydrogen-bond donors (Lipinski definition) is 1. The zero-order valence-electron chi connectivity index (χ0n) is 13.1. The van der Waals surface area contributed by atoms with Crippen molar-refractivity contribution in [2.24, 2.45) is 5.92 Å². The molecular weight excluding hydrogens is 292 g/mol. The Morgan fingerprint density at radius 2 is 2.00 bits per heavy atom. The van der Waals surface area contributed by atoms with Crippen molar-refractivity contribution in [2.75, 3.05) is 13.1 Å². The number of carbonyl (C=O) groups excluding carboxylic acids is 1. The number of fused-ring (bicyclic) bond motifs is 3. The Morgan fingerprint density at radius 1 is 1.23 bits per heavy atom. The maximum absolute atomic E-state index is 12.8. The summed E-state index contributed by atoms with van der Waals surface area (Å²) < 4.78 is 0. The second kappa shape index (κ2) is 4.81. The quantitative estimate of drug-likeness (QED) is 0.910. The van der Waals surface area contributed by atoms with Gasteiger partial charge in [0.2, 0.25) is 0 Å². The van der Waals surface area contributed by atoms with Crippen LogP contribution in [0.5, 0.6) is 0 Å². The number of thiophene rings is 1. The van der Waals surface area contributed by atoms with Crippen molar-refractivity contribution in [3.63, 3.8) is 0 Å². The van der Waals surface area contributed by atoms with Crippen LogP contribution in [0.1, 0.15) is 58.6 Å². The minimum Gasteiger partial charge on any atom is -0.346 e. The molecule has 4 fully saturated rings. The molecule has 6 rings (SSSR count). The summed E-state index contributed by atoms with van der Waals surface area (Å²) in [6.45, 7) is 2.51. The van der Waals surface area contributed by atoms with E-state index in [-0.39, 0.29) is 5.91 Å².